The fraction of sp³-hybridized carbons (Fsp3) is 0.478. The van der Waals surface area contributed by atoms with Crippen LogP contribution >= 0.6 is 23.2 Å². The molecule has 1 unspecified atom stereocenters. The zero-order chi connectivity index (χ0) is 23.8. The number of nitrogens with one attached hydrogen (secondary N) is 2. The summed E-state index contributed by atoms with van der Waals surface area (Å²) in [6.45, 7) is 4.30. The molecule has 3 aliphatic rings. The molecule has 2 aromatic heterocycles. The van der Waals surface area contributed by atoms with Gasteiger partial charge in [0, 0.05) is 28.8 Å². The van der Waals surface area contributed by atoms with Crippen LogP contribution in [0.3, 0.4) is 0 Å². The molecule has 33 heavy (non-hydrogen) atoms. The molecule has 10 heteroatoms. The number of hydrogen-bond donors (Lipinski definition) is 3. The van der Waals surface area contributed by atoms with Crippen LogP contribution in [0.15, 0.2) is 24.4 Å². The van der Waals surface area contributed by atoms with E-state index in [2.05, 4.69) is 34.4 Å². The third-order valence-electron chi connectivity index (χ3n) is 7.79. The number of carbonyl (C=O) groups excluding carboxylic acids is 1. The van der Waals surface area contributed by atoms with Gasteiger partial charge >= 0.3 is 5.97 Å². The number of aromatic nitrogens is 2. The highest BCUT2D eigenvalue weighted by atomic mass is 35.5. The first-order valence-corrected chi connectivity index (χ1v) is 11.6. The lowest BCUT2D eigenvalue weighted by Crippen LogP contribution is -2.61. The van der Waals surface area contributed by atoms with E-state index < -0.39 is 40.6 Å². The van der Waals surface area contributed by atoms with E-state index in [1.165, 1.54) is 6.20 Å². The van der Waals surface area contributed by atoms with Gasteiger partial charge in [-0.1, -0.05) is 43.1 Å². The first kappa shape index (κ1) is 22.5. The Morgan fingerprint density at radius 1 is 1.18 bits per heavy atom. The van der Waals surface area contributed by atoms with Crippen molar-refractivity contribution < 1.29 is 19.1 Å². The summed E-state index contributed by atoms with van der Waals surface area (Å²) in [6, 6.07) is 3.12. The van der Waals surface area contributed by atoms with Gasteiger partial charge in [-0.2, -0.15) is 0 Å². The van der Waals surface area contributed by atoms with Gasteiger partial charge in [0.25, 0.3) is 0 Å². The molecule has 5 rings (SSSR count). The number of aliphatic carboxylic acids is 1. The van der Waals surface area contributed by atoms with E-state index in [1.54, 1.807) is 12.1 Å². The Bertz CT molecular complexity index is 1160. The molecule has 2 fully saturated rings. The van der Waals surface area contributed by atoms with Gasteiger partial charge in [0.2, 0.25) is 5.91 Å². The topological polar surface area (TPSA) is 104 Å². The molecule has 4 heterocycles. The van der Waals surface area contributed by atoms with E-state index >= 15 is 4.39 Å². The van der Waals surface area contributed by atoms with Gasteiger partial charge in [0.15, 0.2) is 0 Å². The second kappa shape index (κ2) is 7.35. The Balaban J connectivity index is 1.85. The molecule has 1 saturated carbocycles. The first-order valence-electron chi connectivity index (χ1n) is 10.8. The second-order valence-corrected chi connectivity index (χ2v) is 10.7. The van der Waals surface area contributed by atoms with Crippen LogP contribution in [0.2, 0.25) is 10.3 Å². The maximum atomic E-state index is 15.3. The molecule has 3 N–H and O–H groups in total. The summed E-state index contributed by atoms with van der Waals surface area (Å²) in [4.78, 5) is 34.8. The summed E-state index contributed by atoms with van der Waals surface area (Å²) in [5.41, 5.74) is -1.98. The standard InChI is InChI=1S/C23H23Cl2FN4O3/c1-21(2)6-8-22(9-7-21)23(11-3-4-13(24)28-18(11)29-20(23)33)15(16(30-22)19(31)32)14-12(26)5-10-27-17(14)25/h3-5,10,15-16,30H,6-9H2,1-2H3,(H,31,32)(H,28,29,33)/t15-,16+,23?/m0/s1. The maximum absolute atomic E-state index is 15.3. The number of nitrogens with zero attached hydrogens (tertiary/aromatic N) is 2. The lowest BCUT2D eigenvalue weighted by atomic mass is 9.53. The van der Waals surface area contributed by atoms with Crippen molar-refractivity contribution in [2.75, 3.05) is 5.32 Å². The van der Waals surface area contributed by atoms with Gasteiger partial charge in [-0.25, -0.2) is 14.4 Å². The minimum atomic E-state index is -1.47. The summed E-state index contributed by atoms with van der Waals surface area (Å²) in [5.74, 6) is -3.23. The molecule has 2 aliphatic heterocycles. The van der Waals surface area contributed by atoms with E-state index in [4.69, 9.17) is 23.2 Å². The van der Waals surface area contributed by atoms with Crippen molar-refractivity contribution in [3.8, 4) is 0 Å². The largest absolute Gasteiger partial charge is 0.480 e. The highest BCUT2D eigenvalue weighted by Gasteiger charge is 2.73. The number of carboxylic acids is 1. The average molecular weight is 493 g/mol. The van der Waals surface area contributed by atoms with Crippen LogP contribution in [0.5, 0.6) is 0 Å². The Morgan fingerprint density at radius 2 is 1.88 bits per heavy atom. The van der Waals surface area contributed by atoms with Gasteiger partial charge in [0.1, 0.15) is 33.4 Å². The number of fused-ring (bicyclic) bond motifs is 3. The molecular weight excluding hydrogens is 470 g/mol. The third kappa shape index (κ3) is 3.03. The Labute approximate surface area is 200 Å². The van der Waals surface area contributed by atoms with Crippen LogP contribution in [-0.4, -0.2) is 38.5 Å². The zero-order valence-corrected chi connectivity index (χ0v) is 19.6. The van der Waals surface area contributed by atoms with E-state index in [0.717, 1.165) is 18.9 Å². The number of pyridine rings is 2. The Morgan fingerprint density at radius 3 is 2.52 bits per heavy atom. The van der Waals surface area contributed by atoms with Crippen LogP contribution in [0.25, 0.3) is 0 Å². The van der Waals surface area contributed by atoms with Crippen LogP contribution < -0.4 is 10.6 Å². The van der Waals surface area contributed by atoms with Crippen molar-refractivity contribution in [2.24, 2.45) is 5.41 Å². The lowest BCUT2D eigenvalue weighted by molar-refractivity contribution is -0.139. The average Bonchev–Trinajstić information content (AvgIpc) is 3.19. The van der Waals surface area contributed by atoms with Crippen LogP contribution in [0.4, 0.5) is 10.2 Å². The first-order chi connectivity index (χ1) is 15.5. The molecule has 174 valence electrons. The predicted octanol–water partition coefficient (Wildman–Crippen LogP) is 4.29. The number of carbonyl (C=O) groups is 2. The number of carboxylic acid groups (broad SMARTS) is 1. The highest BCUT2D eigenvalue weighted by molar-refractivity contribution is 6.30. The molecule has 1 aliphatic carbocycles. The van der Waals surface area contributed by atoms with E-state index in [9.17, 15) is 14.7 Å². The minimum absolute atomic E-state index is 0.0261. The van der Waals surface area contributed by atoms with Gasteiger partial charge in [-0.05, 0) is 43.2 Å². The molecule has 2 spiro atoms. The van der Waals surface area contributed by atoms with E-state index in [-0.39, 0.29) is 27.1 Å². The van der Waals surface area contributed by atoms with Gasteiger partial charge in [-0.3, -0.25) is 14.9 Å². The lowest BCUT2D eigenvalue weighted by Gasteiger charge is -2.50. The van der Waals surface area contributed by atoms with Crippen molar-refractivity contribution in [1.29, 1.82) is 0 Å². The fourth-order valence-corrected chi connectivity index (χ4v) is 6.60. The monoisotopic (exact) mass is 492 g/mol. The van der Waals surface area contributed by atoms with Crippen LogP contribution in [-0.2, 0) is 15.0 Å². The fourth-order valence-electron chi connectivity index (χ4n) is 6.19. The number of rotatable bonds is 2. The molecule has 0 radical (unpaired) electrons. The van der Waals surface area contributed by atoms with E-state index in [1.807, 2.05) is 0 Å². The quantitative estimate of drug-likeness (QED) is 0.540. The van der Waals surface area contributed by atoms with Gasteiger partial charge in [0.05, 0.1) is 0 Å². The number of halogens is 3. The van der Waals surface area contributed by atoms with Crippen molar-refractivity contribution in [3.63, 3.8) is 0 Å². The molecule has 2 aromatic rings. The molecule has 7 nitrogen and oxygen atoms in total. The SMILES string of the molecule is CC1(C)CCC2(CC1)N[C@@H](C(=O)O)[C@H](c1c(F)ccnc1Cl)C21C(=O)Nc2nc(Cl)ccc21. The molecule has 1 amide bonds. The normalized spacial score (nSPS) is 29.3. The summed E-state index contributed by atoms with van der Waals surface area (Å²) in [6.07, 6.45) is 3.78. The van der Waals surface area contributed by atoms with Gasteiger partial charge < -0.3 is 10.4 Å². The minimum Gasteiger partial charge on any atom is -0.480 e. The summed E-state index contributed by atoms with van der Waals surface area (Å²) >= 11 is 12.5. The summed E-state index contributed by atoms with van der Waals surface area (Å²) < 4.78 is 15.3. The van der Waals surface area contributed by atoms with Crippen molar-refractivity contribution in [2.45, 2.75) is 62.4 Å². The second-order valence-electron chi connectivity index (χ2n) is 9.97. The molecule has 0 aromatic carbocycles. The highest BCUT2D eigenvalue weighted by Crippen LogP contribution is 2.64. The Kier molecular flexibility index (Phi) is 5.01. The maximum Gasteiger partial charge on any atom is 0.321 e. The molecular formula is C23H23Cl2FN4O3. The number of anilines is 1. The van der Waals surface area contributed by atoms with Crippen molar-refractivity contribution >= 4 is 40.9 Å². The third-order valence-corrected chi connectivity index (χ3v) is 8.30. The molecule has 1 saturated heterocycles. The predicted molar refractivity (Wildman–Crippen MR) is 121 cm³/mol. The summed E-state index contributed by atoms with van der Waals surface area (Å²) in [5, 5.41) is 16.4. The molecule has 0 bridgehead atoms. The molecule has 3 atom stereocenters. The summed E-state index contributed by atoms with van der Waals surface area (Å²) in [7, 11) is 0. The van der Waals surface area contributed by atoms with Gasteiger partial charge in [-0.15, -0.1) is 0 Å². The van der Waals surface area contributed by atoms with E-state index in [0.29, 0.717) is 18.4 Å². The Hall–Kier alpha value is -2.29. The zero-order valence-electron chi connectivity index (χ0n) is 18.1. The number of hydrogen-bond acceptors (Lipinski definition) is 5. The van der Waals surface area contributed by atoms with Crippen LogP contribution in [0.1, 0.15) is 56.6 Å². The number of amides is 1. The van der Waals surface area contributed by atoms with Crippen molar-refractivity contribution in [1.82, 2.24) is 15.3 Å². The van der Waals surface area contributed by atoms with Crippen LogP contribution in [0, 0.1) is 11.2 Å². The van der Waals surface area contributed by atoms with Crippen molar-refractivity contribution in [3.05, 3.63) is 51.6 Å². The smallest absolute Gasteiger partial charge is 0.321 e.